The van der Waals surface area contributed by atoms with Gasteiger partial charge in [-0.2, -0.15) is 15.5 Å². The SMILES string of the molecule is Cc1cc2c(NC(=O)c3ccc(Br)c4cn[nH]c34)n[nH]c2cc1C#N. The van der Waals surface area contributed by atoms with Gasteiger partial charge in [-0.1, -0.05) is 15.9 Å². The Labute approximate surface area is 150 Å². The lowest BCUT2D eigenvalue weighted by Crippen LogP contribution is -2.13. The first kappa shape index (κ1) is 15.4. The number of benzene rings is 2. The highest BCUT2D eigenvalue weighted by Gasteiger charge is 2.16. The lowest BCUT2D eigenvalue weighted by molar-refractivity contribution is 0.102. The predicted octanol–water partition coefficient (Wildman–Crippen LogP) is 3.63. The second kappa shape index (κ2) is 5.72. The largest absolute Gasteiger partial charge is 0.304 e. The zero-order valence-corrected chi connectivity index (χ0v) is 14.6. The fourth-order valence-electron chi connectivity index (χ4n) is 2.75. The zero-order chi connectivity index (χ0) is 17.6. The molecule has 0 aliphatic carbocycles. The van der Waals surface area contributed by atoms with Crippen molar-refractivity contribution in [2.75, 3.05) is 5.32 Å². The van der Waals surface area contributed by atoms with Gasteiger partial charge in [-0.15, -0.1) is 0 Å². The summed E-state index contributed by atoms with van der Waals surface area (Å²) >= 11 is 3.44. The summed E-state index contributed by atoms with van der Waals surface area (Å²) in [4.78, 5) is 12.7. The van der Waals surface area contributed by atoms with E-state index in [-0.39, 0.29) is 5.91 Å². The Balaban J connectivity index is 1.75. The lowest BCUT2D eigenvalue weighted by atomic mass is 10.1. The third kappa shape index (κ3) is 2.45. The molecule has 0 fully saturated rings. The summed E-state index contributed by atoms with van der Waals surface area (Å²) in [6, 6.07) is 9.21. The molecule has 25 heavy (non-hydrogen) atoms. The standard InChI is InChI=1S/C17H11BrN6O/c1-8-4-11-14(5-9(8)6-19)22-24-16(11)21-17(25)10-2-3-13(18)12-7-20-23-15(10)12/h2-5,7H,1H3,(H,20,23)(H2,21,22,24,25). The molecule has 0 spiro atoms. The molecule has 1 amide bonds. The van der Waals surface area contributed by atoms with E-state index in [4.69, 9.17) is 5.26 Å². The van der Waals surface area contributed by atoms with Crippen LogP contribution in [-0.4, -0.2) is 26.3 Å². The lowest BCUT2D eigenvalue weighted by Gasteiger charge is -2.05. The number of hydrogen-bond acceptors (Lipinski definition) is 4. The van der Waals surface area contributed by atoms with Gasteiger partial charge in [0.2, 0.25) is 0 Å². The number of carbonyl (C=O) groups is 1. The number of halogens is 1. The molecule has 0 aliphatic heterocycles. The van der Waals surface area contributed by atoms with E-state index >= 15 is 0 Å². The Bertz CT molecular complexity index is 1180. The topological polar surface area (TPSA) is 110 Å². The summed E-state index contributed by atoms with van der Waals surface area (Å²) in [6.45, 7) is 1.85. The van der Waals surface area contributed by atoms with Gasteiger partial charge in [0.05, 0.1) is 34.4 Å². The van der Waals surface area contributed by atoms with E-state index in [1.807, 2.05) is 13.0 Å². The number of aromatic amines is 2. The van der Waals surface area contributed by atoms with Gasteiger partial charge >= 0.3 is 0 Å². The van der Waals surface area contributed by atoms with Crippen molar-refractivity contribution in [1.82, 2.24) is 20.4 Å². The maximum absolute atomic E-state index is 12.7. The van der Waals surface area contributed by atoms with Crippen LogP contribution in [0, 0.1) is 18.3 Å². The molecule has 4 aromatic rings. The summed E-state index contributed by atoms with van der Waals surface area (Å²) in [5.74, 6) is 0.125. The fourth-order valence-corrected chi connectivity index (χ4v) is 3.19. The molecule has 2 aromatic carbocycles. The number of hydrogen-bond donors (Lipinski definition) is 3. The monoisotopic (exact) mass is 394 g/mol. The number of nitriles is 1. The smallest absolute Gasteiger partial charge is 0.259 e. The van der Waals surface area contributed by atoms with Crippen molar-refractivity contribution in [3.8, 4) is 6.07 Å². The Morgan fingerprint density at radius 1 is 1.28 bits per heavy atom. The fraction of sp³-hybridized carbons (Fsp3) is 0.0588. The van der Waals surface area contributed by atoms with E-state index in [0.29, 0.717) is 28.0 Å². The van der Waals surface area contributed by atoms with Gasteiger partial charge in [-0.05, 0) is 36.8 Å². The number of H-pyrrole nitrogens is 2. The predicted molar refractivity (Wildman–Crippen MR) is 97.3 cm³/mol. The van der Waals surface area contributed by atoms with Crippen LogP contribution in [0.1, 0.15) is 21.5 Å². The van der Waals surface area contributed by atoms with Crippen molar-refractivity contribution < 1.29 is 4.79 Å². The molecule has 3 N–H and O–H groups in total. The molecule has 0 aliphatic rings. The maximum Gasteiger partial charge on any atom is 0.259 e. The molecule has 8 heteroatoms. The number of amides is 1. The van der Waals surface area contributed by atoms with Crippen LogP contribution in [0.5, 0.6) is 0 Å². The number of nitrogens with zero attached hydrogens (tertiary/aromatic N) is 3. The molecule has 7 nitrogen and oxygen atoms in total. The molecular formula is C17H11BrN6O. The quantitative estimate of drug-likeness (QED) is 0.481. The molecule has 2 aromatic heterocycles. The number of aromatic nitrogens is 4. The number of nitrogens with one attached hydrogen (secondary N) is 3. The molecular weight excluding hydrogens is 384 g/mol. The van der Waals surface area contributed by atoms with E-state index in [2.05, 4.69) is 47.7 Å². The van der Waals surface area contributed by atoms with Crippen LogP contribution in [0.2, 0.25) is 0 Å². The van der Waals surface area contributed by atoms with Gasteiger partial charge in [-0.25, -0.2) is 0 Å². The molecule has 0 unspecified atom stereocenters. The van der Waals surface area contributed by atoms with Gasteiger partial charge in [-0.3, -0.25) is 15.0 Å². The van der Waals surface area contributed by atoms with Crippen LogP contribution in [0.15, 0.2) is 34.9 Å². The Morgan fingerprint density at radius 3 is 2.92 bits per heavy atom. The van der Waals surface area contributed by atoms with Gasteiger partial charge in [0.15, 0.2) is 5.82 Å². The maximum atomic E-state index is 12.7. The average molecular weight is 395 g/mol. The van der Waals surface area contributed by atoms with Crippen molar-refractivity contribution in [3.05, 3.63) is 51.6 Å². The minimum Gasteiger partial charge on any atom is -0.304 e. The minimum absolute atomic E-state index is 0.294. The second-order valence-corrected chi connectivity index (χ2v) is 6.46. The second-order valence-electron chi connectivity index (χ2n) is 5.60. The van der Waals surface area contributed by atoms with Gasteiger partial charge in [0.1, 0.15) is 0 Å². The molecule has 0 bridgehead atoms. The average Bonchev–Trinajstić information content (AvgIpc) is 3.22. The molecule has 0 saturated carbocycles. The Hall–Kier alpha value is -3.18. The van der Waals surface area contributed by atoms with Crippen molar-refractivity contribution in [1.29, 1.82) is 5.26 Å². The van der Waals surface area contributed by atoms with Crippen molar-refractivity contribution in [2.45, 2.75) is 6.92 Å². The Morgan fingerprint density at radius 2 is 2.12 bits per heavy atom. The van der Waals surface area contributed by atoms with Gasteiger partial charge in [0, 0.05) is 15.2 Å². The zero-order valence-electron chi connectivity index (χ0n) is 13.0. The molecule has 0 radical (unpaired) electrons. The number of anilines is 1. The number of carbonyl (C=O) groups excluding carboxylic acids is 1. The molecule has 0 saturated heterocycles. The minimum atomic E-state index is -0.294. The van der Waals surface area contributed by atoms with Crippen LogP contribution >= 0.6 is 15.9 Å². The van der Waals surface area contributed by atoms with E-state index in [1.54, 1.807) is 24.4 Å². The van der Waals surface area contributed by atoms with Crippen LogP contribution < -0.4 is 5.32 Å². The van der Waals surface area contributed by atoms with Crippen molar-refractivity contribution in [3.63, 3.8) is 0 Å². The summed E-state index contributed by atoms with van der Waals surface area (Å²) in [6.07, 6.45) is 1.66. The van der Waals surface area contributed by atoms with Crippen molar-refractivity contribution in [2.24, 2.45) is 0 Å². The van der Waals surface area contributed by atoms with Crippen LogP contribution in [0.25, 0.3) is 21.8 Å². The van der Waals surface area contributed by atoms with E-state index in [1.165, 1.54) is 0 Å². The Kier molecular flexibility index (Phi) is 3.51. The first-order valence-electron chi connectivity index (χ1n) is 7.40. The third-order valence-electron chi connectivity index (χ3n) is 4.07. The van der Waals surface area contributed by atoms with E-state index < -0.39 is 0 Å². The number of fused-ring (bicyclic) bond motifs is 2. The highest BCUT2D eigenvalue weighted by molar-refractivity contribution is 9.10. The van der Waals surface area contributed by atoms with Crippen molar-refractivity contribution >= 4 is 49.5 Å². The normalized spacial score (nSPS) is 10.9. The first-order valence-corrected chi connectivity index (χ1v) is 8.19. The van der Waals surface area contributed by atoms with Gasteiger partial charge in [0.25, 0.3) is 5.91 Å². The molecule has 4 rings (SSSR count). The summed E-state index contributed by atoms with van der Waals surface area (Å²) < 4.78 is 0.859. The highest BCUT2D eigenvalue weighted by Crippen LogP contribution is 2.27. The van der Waals surface area contributed by atoms with Crippen LogP contribution in [-0.2, 0) is 0 Å². The summed E-state index contributed by atoms with van der Waals surface area (Å²) in [5, 5.41) is 27.4. The molecule has 122 valence electrons. The molecule has 0 atom stereocenters. The highest BCUT2D eigenvalue weighted by atomic mass is 79.9. The number of aryl methyl sites for hydroxylation is 1. The summed E-state index contributed by atoms with van der Waals surface area (Å²) in [7, 11) is 0. The van der Waals surface area contributed by atoms with E-state index in [9.17, 15) is 4.79 Å². The van der Waals surface area contributed by atoms with Crippen LogP contribution in [0.4, 0.5) is 5.82 Å². The van der Waals surface area contributed by atoms with Gasteiger partial charge < -0.3 is 5.32 Å². The van der Waals surface area contributed by atoms with Crippen LogP contribution in [0.3, 0.4) is 0 Å². The third-order valence-corrected chi connectivity index (χ3v) is 4.76. The number of rotatable bonds is 2. The molecule has 2 heterocycles. The summed E-state index contributed by atoms with van der Waals surface area (Å²) in [5.41, 5.74) is 3.21. The van der Waals surface area contributed by atoms with E-state index in [0.717, 1.165) is 20.8 Å². The first-order chi connectivity index (χ1) is 12.1.